The number of rotatable bonds is 35. The zero-order chi connectivity index (χ0) is 28.3. The third kappa shape index (κ3) is 34.1. The second-order valence-electron chi connectivity index (χ2n) is 13.1. The first-order valence-electron chi connectivity index (χ1n) is 19.1. The number of hydrogen-bond acceptors (Lipinski definition) is 1. The van der Waals surface area contributed by atoms with Crippen molar-refractivity contribution in [3.63, 3.8) is 0 Å². The molecule has 0 aliphatic rings. The molecule has 0 rings (SSSR count). The van der Waals surface area contributed by atoms with Gasteiger partial charge in [-0.3, -0.25) is 0 Å². The Labute approximate surface area is 250 Å². The highest BCUT2D eigenvalue weighted by Gasteiger charge is 2.05. The van der Waals surface area contributed by atoms with Crippen molar-refractivity contribution in [3.05, 3.63) is 0 Å². The fraction of sp³-hybridized carbons (Fsp3) is 1.00. The first-order valence-corrected chi connectivity index (χ1v) is 19.1. The molecule has 0 aromatic carbocycles. The normalized spacial score (nSPS) is 11.7. The van der Waals surface area contributed by atoms with E-state index in [1.165, 1.54) is 225 Å². The Morgan fingerprint density at radius 2 is 0.359 bits per heavy atom. The number of unbranched alkanes of at least 4 members (excludes halogenated alkanes) is 29. The fourth-order valence-corrected chi connectivity index (χ4v) is 6.16. The van der Waals surface area contributed by atoms with E-state index in [2.05, 4.69) is 25.7 Å². The fourth-order valence-electron chi connectivity index (χ4n) is 6.16. The maximum atomic E-state index is 2.85. The summed E-state index contributed by atoms with van der Waals surface area (Å²) in [6, 6.07) is 0. The van der Waals surface area contributed by atoms with E-state index in [0.29, 0.717) is 0 Å². The summed E-state index contributed by atoms with van der Waals surface area (Å²) < 4.78 is 0. The summed E-state index contributed by atoms with van der Waals surface area (Å²) in [7, 11) is 0. The maximum absolute atomic E-state index is 2.85. The van der Waals surface area contributed by atoms with Gasteiger partial charge in [0, 0.05) is 0 Å². The van der Waals surface area contributed by atoms with Crippen LogP contribution in [0.1, 0.15) is 226 Å². The van der Waals surface area contributed by atoms with Crippen molar-refractivity contribution in [2.75, 3.05) is 19.6 Å². The Balaban J connectivity index is 3.75. The van der Waals surface area contributed by atoms with Gasteiger partial charge >= 0.3 is 0 Å². The van der Waals surface area contributed by atoms with Gasteiger partial charge < -0.3 is 4.90 Å². The minimum atomic E-state index is 1.37. The van der Waals surface area contributed by atoms with Crippen molar-refractivity contribution >= 4 is 0 Å². The standard InChI is InChI=1S/C38H79N/c1-4-7-10-13-16-19-20-21-22-23-24-25-26-29-32-35-38-39(36-33-30-27-17-14-11-8-5-2)37-34-31-28-18-15-12-9-6-3/h4-38H2,1-3H3. The van der Waals surface area contributed by atoms with Gasteiger partial charge in [0.2, 0.25) is 0 Å². The summed E-state index contributed by atoms with van der Waals surface area (Å²) in [6.45, 7) is 11.0. The molecule has 0 aromatic heterocycles. The lowest BCUT2D eigenvalue weighted by atomic mass is 10.0. The Bertz CT molecular complexity index is 386. The quantitative estimate of drug-likeness (QED) is 0.0710. The molecule has 39 heavy (non-hydrogen) atoms. The Morgan fingerprint density at radius 3 is 0.538 bits per heavy atom. The molecule has 0 aliphatic carbocycles. The van der Waals surface area contributed by atoms with Gasteiger partial charge in [0.25, 0.3) is 0 Å². The molecule has 236 valence electrons. The molecule has 0 aromatic rings. The molecule has 1 heteroatoms. The molecule has 0 heterocycles. The Hall–Kier alpha value is -0.0400. The molecule has 0 aliphatic heterocycles. The average molecular weight is 550 g/mol. The van der Waals surface area contributed by atoms with Crippen molar-refractivity contribution in [1.82, 2.24) is 4.90 Å². The van der Waals surface area contributed by atoms with E-state index >= 15 is 0 Å². The van der Waals surface area contributed by atoms with Gasteiger partial charge in [-0.05, 0) is 38.9 Å². The predicted molar refractivity (Wildman–Crippen MR) is 181 cm³/mol. The lowest BCUT2D eigenvalue weighted by Crippen LogP contribution is -2.27. The van der Waals surface area contributed by atoms with E-state index in [4.69, 9.17) is 0 Å². The molecular weight excluding hydrogens is 470 g/mol. The van der Waals surface area contributed by atoms with Crippen LogP contribution in [0.4, 0.5) is 0 Å². The Morgan fingerprint density at radius 1 is 0.205 bits per heavy atom. The zero-order valence-corrected chi connectivity index (χ0v) is 28.2. The van der Waals surface area contributed by atoms with E-state index < -0.39 is 0 Å². The van der Waals surface area contributed by atoms with Crippen LogP contribution < -0.4 is 0 Å². The third-order valence-corrected chi connectivity index (χ3v) is 8.98. The van der Waals surface area contributed by atoms with Crippen LogP contribution in [0.3, 0.4) is 0 Å². The van der Waals surface area contributed by atoms with Crippen molar-refractivity contribution in [1.29, 1.82) is 0 Å². The van der Waals surface area contributed by atoms with Crippen molar-refractivity contribution < 1.29 is 0 Å². The summed E-state index contributed by atoms with van der Waals surface area (Å²) in [5, 5.41) is 0. The van der Waals surface area contributed by atoms with E-state index in [-0.39, 0.29) is 0 Å². The van der Waals surface area contributed by atoms with Gasteiger partial charge in [0.15, 0.2) is 0 Å². The van der Waals surface area contributed by atoms with Crippen LogP contribution >= 0.6 is 0 Å². The van der Waals surface area contributed by atoms with Crippen LogP contribution in [0.2, 0.25) is 0 Å². The molecule has 0 fully saturated rings. The van der Waals surface area contributed by atoms with E-state index in [0.717, 1.165) is 0 Å². The van der Waals surface area contributed by atoms with Gasteiger partial charge in [-0.25, -0.2) is 0 Å². The van der Waals surface area contributed by atoms with Crippen LogP contribution in [0, 0.1) is 0 Å². The van der Waals surface area contributed by atoms with E-state index in [1.807, 2.05) is 0 Å². The average Bonchev–Trinajstić information content (AvgIpc) is 2.95. The first-order chi connectivity index (χ1) is 19.3. The minimum Gasteiger partial charge on any atom is -0.303 e. The van der Waals surface area contributed by atoms with Gasteiger partial charge in [-0.15, -0.1) is 0 Å². The maximum Gasteiger partial charge on any atom is -0.00187 e. The summed E-state index contributed by atoms with van der Waals surface area (Å²) in [6.07, 6.45) is 46.6. The van der Waals surface area contributed by atoms with Crippen LogP contribution in [-0.4, -0.2) is 24.5 Å². The SMILES string of the molecule is CCCCCCCCCCCCCCCCCCN(CCCCCCCCCC)CCCCCCCCCC. The molecule has 0 unspecified atom stereocenters. The first kappa shape index (κ1) is 39.0. The molecule has 0 saturated heterocycles. The molecule has 0 saturated carbocycles. The summed E-state index contributed by atoms with van der Waals surface area (Å²) in [4.78, 5) is 2.85. The number of nitrogens with zero attached hydrogens (tertiary/aromatic N) is 1. The predicted octanol–water partition coefficient (Wildman–Crippen LogP) is 13.8. The van der Waals surface area contributed by atoms with Gasteiger partial charge in [-0.2, -0.15) is 0 Å². The molecule has 0 N–H and O–H groups in total. The third-order valence-electron chi connectivity index (χ3n) is 8.98. The second kappa shape index (κ2) is 36.0. The van der Waals surface area contributed by atoms with Crippen molar-refractivity contribution in [2.45, 2.75) is 226 Å². The minimum absolute atomic E-state index is 1.37. The lowest BCUT2D eigenvalue weighted by Gasteiger charge is -2.22. The largest absolute Gasteiger partial charge is 0.303 e. The smallest absolute Gasteiger partial charge is 0.00187 e. The van der Waals surface area contributed by atoms with Gasteiger partial charge in [0.05, 0.1) is 0 Å². The van der Waals surface area contributed by atoms with E-state index in [9.17, 15) is 0 Å². The monoisotopic (exact) mass is 550 g/mol. The second-order valence-corrected chi connectivity index (χ2v) is 13.1. The zero-order valence-electron chi connectivity index (χ0n) is 28.2. The summed E-state index contributed by atoms with van der Waals surface area (Å²) in [5.41, 5.74) is 0. The van der Waals surface area contributed by atoms with Gasteiger partial charge in [-0.1, -0.05) is 207 Å². The van der Waals surface area contributed by atoms with Crippen LogP contribution in [0.5, 0.6) is 0 Å². The van der Waals surface area contributed by atoms with E-state index in [1.54, 1.807) is 0 Å². The van der Waals surface area contributed by atoms with Crippen LogP contribution in [0.25, 0.3) is 0 Å². The molecular formula is C38H79N. The van der Waals surface area contributed by atoms with Crippen molar-refractivity contribution in [3.8, 4) is 0 Å². The highest BCUT2D eigenvalue weighted by atomic mass is 15.1. The molecule has 0 amide bonds. The summed E-state index contributed by atoms with van der Waals surface area (Å²) in [5.74, 6) is 0. The van der Waals surface area contributed by atoms with Crippen LogP contribution in [-0.2, 0) is 0 Å². The number of hydrogen-bond donors (Lipinski definition) is 0. The molecule has 0 atom stereocenters. The van der Waals surface area contributed by atoms with Crippen molar-refractivity contribution in [2.24, 2.45) is 0 Å². The molecule has 0 radical (unpaired) electrons. The molecule has 1 nitrogen and oxygen atoms in total. The highest BCUT2D eigenvalue weighted by Crippen LogP contribution is 2.15. The highest BCUT2D eigenvalue weighted by molar-refractivity contribution is 4.61. The molecule has 0 bridgehead atoms. The summed E-state index contributed by atoms with van der Waals surface area (Å²) >= 11 is 0. The molecule has 0 spiro atoms. The van der Waals surface area contributed by atoms with Crippen LogP contribution in [0.15, 0.2) is 0 Å². The topological polar surface area (TPSA) is 3.24 Å². The van der Waals surface area contributed by atoms with Gasteiger partial charge in [0.1, 0.15) is 0 Å². The lowest BCUT2D eigenvalue weighted by molar-refractivity contribution is 0.254. The Kier molecular flexibility index (Phi) is 35.9.